The molecular weight excluding hydrogens is 344 g/mol. The van der Waals surface area contributed by atoms with Gasteiger partial charge in [0.1, 0.15) is 5.82 Å². The maximum Gasteiger partial charge on any atom is 0.229 e. The van der Waals surface area contributed by atoms with Crippen LogP contribution in [0.3, 0.4) is 0 Å². The zero-order chi connectivity index (χ0) is 19.6. The van der Waals surface area contributed by atoms with Crippen LogP contribution >= 0.6 is 0 Å². The third-order valence-electron chi connectivity index (χ3n) is 4.30. The van der Waals surface area contributed by atoms with E-state index in [0.29, 0.717) is 28.8 Å². The Kier molecular flexibility index (Phi) is 5.12. The zero-order valence-corrected chi connectivity index (χ0v) is 16.0. The normalized spacial score (nSPS) is 10.6. The molecule has 2 heterocycles. The van der Waals surface area contributed by atoms with E-state index >= 15 is 0 Å². The Balaban J connectivity index is 1.97. The third kappa shape index (κ3) is 3.62. The number of aromatic nitrogens is 3. The van der Waals surface area contributed by atoms with Crippen LogP contribution < -0.4 is 14.8 Å². The van der Waals surface area contributed by atoms with E-state index in [2.05, 4.69) is 15.3 Å². The van der Waals surface area contributed by atoms with E-state index in [1.807, 2.05) is 43.7 Å². The molecule has 3 rings (SSSR count). The smallest absolute Gasteiger partial charge is 0.229 e. The van der Waals surface area contributed by atoms with Crippen molar-refractivity contribution in [3.63, 3.8) is 0 Å². The van der Waals surface area contributed by atoms with Crippen molar-refractivity contribution in [2.45, 2.75) is 20.8 Å². The van der Waals surface area contributed by atoms with Crippen molar-refractivity contribution >= 4 is 17.9 Å². The highest BCUT2D eigenvalue weighted by Crippen LogP contribution is 2.34. The lowest BCUT2D eigenvalue weighted by Crippen LogP contribution is -2.05. The average molecular weight is 366 g/mol. The van der Waals surface area contributed by atoms with Crippen molar-refractivity contribution in [1.82, 2.24) is 14.5 Å². The predicted molar refractivity (Wildman–Crippen MR) is 104 cm³/mol. The first-order valence-electron chi connectivity index (χ1n) is 8.44. The summed E-state index contributed by atoms with van der Waals surface area (Å²) in [5.41, 5.74) is 4.16. The van der Waals surface area contributed by atoms with Gasteiger partial charge in [-0.25, -0.2) is 4.98 Å². The molecule has 0 fully saturated rings. The molecule has 2 aromatic heterocycles. The monoisotopic (exact) mass is 366 g/mol. The lowest BCUT2D eigenvalue weighted by atomic mass is 10.2. The Morgan fingerprint density at radius 3 is 2.44 bits per heavy atom. The van der Waals surface area contributed by atoms with E-state index in [4.69, 9.17) is 9.47 Å². The summed E-state index contributed by atoms with van der Waals surface area (Å²) in [5, 5.41) is 3.20. The predicted octanol–water partition coefficient (Wildman–Crippen LogP) is 3.77. The second-order valence-corrected chi connectivity index (χ2v) is 6.28. The molecule has 140 valence electrons. The Hall–Kier alpha value is -3.35. The Morgan fingerprint density at radius 2 is 1.81 bits per heavy atom. The van der Waals surface area contributed by atoms with Crippen LogP contribution in [0.2, 0.25) is 0 Å². The molecule has 3 aromatic rings. The van der Waals surface area contributed by atoms with Gasteiger partial charge in [0, 0.05) is 41.5 Å². The molecule has 0 aliphatic carbocycles. The molecule has 1 N–H and O–H groups in total. The number of methoxy groups -OCH3 is 2. The van der Waals surface area contributed by atoms with Crippen LogP contribution in [0.4, 0.5) is 11.6 Å². The van der Waals surface area contributed by atoms with Crippen LogP contribution in [0, 0.1) is 20.8 Å². The van der Waals surface area contributed by atoms with Crippen LogP contribution in [-0.4, -0.2) is 35.0 Å². The number of carbonyl (C=O) groups excluding carboxylic acids is 1. The first kappa shape index (κ1) is 18.4. The van der Waals surface area contributed by atoms with Crippen molar-refractivity contribution in [3.8, 4) is 17.3 Å². The summed E-state index contributed by atoms with van der Waals surface area (Å²) in [6.07, 6.45) is 6.23. The molecule has 0 saturated heterocycles. The van der Waals surface area contributed by atoms with E-state index < -0.39 is 0 Å². The van der Waals surface area contributed by atoms with Crippen molar-refractivity contribution in [2.75, 3.05) is 19.5 Å². The fourth-order valence-corrected chi connectivity index (χ4v) is 2.93. The molecule has 0 aliphatic heterocycles. The minimum atomic E-state index is 0.446. The lowest BCUT2D eigenvalue weighted by Gasteiger charge is -2.14. The second-order valence-electron chi connectivity index (χ2n) is 6.28. The molecule has 27 heavy (non-hydrogen) atoms. The van der Waals surface area contributed by atoms with Crippen molar-refractivity contribution < 1.29 is 14.3 Å². The van der Waals surface area contributed by atoms with Crippen LogP contribution in [0.25, 0.3) is 5.82 Å². The molecule has 7 heteroatoms. The number of anilines is 2. The number of hydrogen-bond acceptors (Lipinski definition) is 6. The molecule has 0 aliphatic rings. The van der Waals surface area contributed by atoms with Gasteiger partial charge in [-0.3, -0.25) is 4.79 Å². The van der Waals surface area contributed by atoms with Gasteiger partial charge in [-0.1, -0.05) is 0 Å². The molecule has 0 saturated carbocycles. The van der Waals surface area contributed by atoms with Crippen LogP contribution in [-0.2, 0) is 0 Å². The maximum atomic E-state index is 11.1. The van der Waals surface area contributed by atoms with Gasteiger partial charge < -0.3 is 19.4 Å². The highest BCUT2D eigenvalue weighted by molar-refractivity contribution is 5.77. The van der Waals surface area contributed by atoms with Crippen molar-refractivity contribution in [1.29, 1.82) is 0 Å². The van der Waals surface area contributed by atoms with Crippen molar-refractivity contribution in [3.05, 3.63) is 53.0 Å². The molecule has 0 amide bonds. The fraction of sp³-hybridized carbons (Fsp3) is 0.250. The molecule has 1 aromatic carbocycles. The number of aldehydes is 1. The minimum Gasteiger partial charge on any atom is -0.493 e. The SMILES string of the molecule is COc1cc(Nc2ncc(C)c(-n3cc(C)c(C=O)c3)n2)cc(C)c1OC. The number of nitrogens with one attached hydrogen (secondary N) is 1. The first-order chi connectivity index (χ1) is 13.0. The quantitative estimate of drug-likeness (QED) is 0.669. The Bertz CT molecular complexity index is 995. The van der Waals surface area contributed by atoms with Gasteiger partial charge >= 0.3 is 0 Å². The van der Waals surface area contributed by atoms with Crippen LogP contribution in [0.5, 0.6) is 11.5 Å². The summed E-state index contributed by atoms with van der Waals surface area (Å²) in [7, 11) is 3.21. The van der Waals surface area contributed by atoms with Crippen molar-refractivity contribution in [2.24, 2.45) is 0 Å². The number of benzene rings is 1. The number of ether oxygens (including phenoxy) is 2. The molecule has 7 nitrogen and oxygen atoms in total. The van der Waals surface area contributed by atoms with E-state index in [1.165, 1.54) is 0 Å². The van der Waals surface area contributed by atoms with E-state index in [1.54, 1.807) is 26.6 Å². The molecule has 0 bridgehead atoms. The number of nitrogens with zero attached hydrogens (tertiary/aromatic N) is 3. The van der Waals surface area contributed by atoms with Gasteiger partial charge in [0.15, 0.2) is 17.8 Å². The largest absolute Gasteiger partial charge is 0.493 e. The minimum absolute atomic E-state index is 0.446. The number of rotatable bonds is 6. The summed E-state index contributed by atoms with van der Waals surface area (Å²) >= 11 is 0. The molecule has 0 spiro atoms. The fourth-order valence-electron chi connectivity index (χ4n) is 2.93. The maximum absolute atomic E-state index is 11.1. The molecule has 0 unspecified atom stereocenters. The summed E-state index contributed by atoms with van der Waals surface area (Å²) in [6, 6.07) is 3.77. The summed E-state index contributed by atoms with van der Waals surface area (Å²) < 4.78 is 12.6. The zero-order valence-electron chi connectivity index (χ0n) is 16.0. The van der Waals surface area contributed by atoms with E-state index in [-0.39, 0.29) is 0 Å². The summed E-state index contributed by atoms with van der Waals surface area (Å²) in [5.74, 6) is 2.48. The lowest BCUT2D eigenvalue weighted by molar-refractivity contribution is 0.112. The summed E-state index contributed by atoms with van der Waals surface area (Å²) in [6.45, 7) is 5.76. The topological polar surface area (TPSA) is 78.3 Å². The Morgan fingerprint density at radius 1 is 1.04 bits per heavy atom. The van der Waals surface area contributed by atoms with Gasteiger partial charge in [0.05, 0.1) is 14.2 Å². The molecular formula is C20H22N4O3. The number of hydrogen-bond donors (Lipinski definition) is 1. The van der Waals surface area contributed by atoms with E-state index in [9.17, 15) is 4.79 Å². The van der Waals surface area contributed by atoms with Gasteiger partial charge in [-0.05, 0) is 38.0 Å². The first-order valence-corrected chi connectivity index (χ1v) is 8.44. The highest BCUT2D eigenvalue weighted by atomic mass is 16.5. The third-order valence-corrected chi connectivity index (χ3v) is 4.30. The van der Waals surface area contributed by atoms with Crippen LogP contribution in [0.1, 0.15) is 27.0 Å². The second kappa shape index (κ2) is 7.49. The Labute approximate surface area is 158 Å². The van der Waals surface area contributed by atoms with E-state index in [0.717, 1.165) is 28.7 Å². The highest BCUT2D eigenvalue weighted by Gasteiger charge is 2.12. The number of aryl methyl sites for hydroxylation is 3. The van der Waals surface area contributed by atoms with Gasteiger partial charge in [0.2, 0.25) is 5.95 Å². The average Bonchev–Trinajstić information content (AvgIpc) is 3.03. The summed E-state index contributed by atoms with van der Waals surface area (Å²) in [4.78, 5) is 20.1. The number of carbonyl (C=O) groups is 1. The van der Waals surface area contributed by atoms with Gasteiger partial charge in [0.25, 0.3) is 0 Å². The van der Waals surface area contributed by atoms with Crippen LogP contribution in [0.15, 0.2) is 30.7 Å². The standard InChI is InChI=1S/C20H22N4O3/c1-12-6-16(7-17(26-4)18(12)27-5)22-20-21-8-13(2)19(23-20)24-9-14(3)15(10-24)11-25/h6-11H,1-5H3,(H,21,22,23). The van der Waals surface area contributed by atoms with Gasteiger partial charge in [-0.15, -0.1) is 0 Å². The van der Waals surface area contributed by atoms with Gasteiger partial charge in [-0.2, -0.15) is 4.98 Å². The molecule has 0 atom stereocenters. The molecule has 0 radical (unpaired) electrons.